The summed E-state index contributed by atoms with van der Waals surface area (Å²) in [5, 5.41) is 0. The molecule has 2 aliphatic rings. The number of anilines is 1. The Bertz CT molecular complexity index is 1070. The second-order valence-electron chi connectivity index (χ2n) is 9.14. The summed E-state index contributed by atoms with van der Waals surface area (Å²) in [6.07, 6.45) is 3.76. The van der Waals surface area contributed by atoms with E-state index in [0.717, 1.165) is 55.8 Å². The zero-order valence-electron chi connectivity index (χ0n) is 20.3. The van der Waals surface area contributed by atoms with Crippen LogP contribution in [0.1, 0.15) is 58.9 Å². The molecular formula is C27H33N3O4. The molecule has 1 saturated heterocycles. The first-order valence-corrected chi connectivity index (χ1v) is 12.1. The largest absolute Gasteiger partial charge is 0.497 e. The molecule has 0 aliphatic carbocycles. The smallest absolute Gasteiger partial charge is 0.263 e. The number of hydrogen-bond acceptors (Lipinski definition) is 5. The van der Waals surface area contributed by atoms with Crippen LogP contribution in [0.3, 0.4) is 0 Å². The predicted octanol–water partition coefficient (Wildman–Crippen LogP) is 3.97. The van der Waals surface area contributed by atoms with Crippen molar-refractivity contribution in [3.63, 3.8) is 0 Å². The molecule has 2 heterocycles. The third kappa shape index (κ3) is 4.65. The van der Waals surface area contributed by atoms with E-state index in [1.807, 2.05) is 48.3 Å². The van der Waals surface area contributed by atoms with Crippen molar-refractivity contribution >= 4 is 23.4 Å². The number of imide groups is 1. The van der Waals surface area contributed by atoms with E-state index >= 15 is 0 Å². The number of rotatable bonds is 8. The fourth-order valence-corrected chi connectivity index (χ4v) is 4.85. The highest BCUT2D eigenvalue weighted by Gasteiger charge is 2.39. The van der Waals surface area contributed by atoms with E-state index in [1.54, 1.807) is 13.2 Å². The van der Waals surface area contributed by atoms with E-state index in [0.29, 0.717) is 17.7 Å². The van der Waals surface area contributed by atoms with E-state index in [1.165, 1.54) is 4.90 Å². The van der Waals surface area contributed by atoms with Crippen molar-refractivity contribution in [1.29, 1.82) is 0 Å². The van der Waals surface area contributed by atoms with Crippen LogP contribution in [0.5, 0.6) is 5.75 Å². The van der Waals surface area contributed by atoms with Crippen molar-refractivity contribution in [3.8, 4) is 5.75 Å². The van der Waals surface area contributed by atoms with Crippen LogP contribution in [0.4, 0.5) is 5.69 Å². The lowest BCUT2D eigenvalue weighted by Crippen LogP contribution is -2.44. The molecule has 7 heteroatoms. The lowest BCUT2D eigenvalue weighted by molar-refractivity contribution is -0.134. The average Bonchev–Trinajstić information content (AvgIpc) is 3.12. The maximum atomic E-state index is 13.4. The molecule has 0 N–H and O–H groups in total. The molecule has 4 rings (SSSR count). The predicted molar refractivity (Wildman–Crippen MR) is 131 cm³/mol. The van der Waals surface area contributed by atoms with Gasteiger partial charge in [-0.15, -0.1) is 0 Å². The maximum absolute atomic E-state index is 13.4. The fourth-order valence-electron chi connectivity index (χ4n) is 4.85. The highest BCUT2D eigenvalue weighted by atomic mass is 16.5. The average molecular weight is 464 g/mol. The number of amides is 3. The summed E-state index contributed by atoms with van der Waals surface area (Å²) < 4.78 is 5.19. The number of carbonyl (C=O) groups is 3. The maximum Gasteiger partial charge on any atom is 0.263 e. The fraction of sp³-hybridized carbons (Fsp3) is 0.444. The highest BCUT2D eigenvalue weighted by Crippen LogP contribution is 2.35. The quantitative estimate of drug-likeness (QED) is 0.554. The molecule has 180 valence electrons. The van der Waals surface area contributed by atoms with Gasteiger partial charge in [-0.2, -0.15) is 0 Å². The first kappa shape index (κ1) is 23.8. The van der Waals surface area contributed by atoms with Gasteiger partial charge in [0.05, 0.1) is 36.4 Å². The van der Waals surface area contributed by atoms with E-state index in [4.69, 9.17) is 4.74 Å². The molecule has 1 unspecified atom stereocenters. The molecule has 2 aliphatic heterocycles. The Morgan fingerprint density at radius 2 is 1.88 bits per heavy atom. The minimum absolute atomic E-state index is 0.103. The number of nitrogens with zero attached hydrogens (tertiary/aromatic N) is 3. The standard InChI is InChI=1S/C27H33N3O4/c1-4-5-15-28(2)25(31)20-8-7-16-29(18-20)23-10-6-9-22-24(23)27(33)30(26(22)32)17-19-11-13-21(34-3)14-12-19/h6,9-14,20H,4-5,7-8,15-18H2,1-3H3. The summed E-state index contributed by atoms with van der Waals surface area (Å²) in [6, 6.07) is 12.8. The van der Waals surface area contributed by atoms with Crippen LogP contribution in [0, 0.1) is 5.92 Å². The summed E-state index contributed by atoms with van der Waals surface area (Å²) in [7, 11) is 3.47. The molecular weight excluding hydrogens is 430 g/mol. The topological polar surface area (TPSA) is 70.2 Å². The van der Waals surface area contributed by atoms with Gasteiger partial charge in [-0.3, -0.25) is 19.3 Å². The van der Waals surface area contributed by atoms with Crippen molar-refractivity contribution in [2.45, 2.75) is 39.2 Å². The van der Waals surface area contributed by atoms with Gasteiger partial charge in [0.25, 0.3) is 11.8 Å². The lowest BCUT2D eigenvalue weighted by Gasteiger charge is -2.36. The van der Waals surface area contributed by atoms with E-state index in [9.17, 15) is 14.4 Å². The third-order valence-electron chi connectivity index (χ3n) is 6.81. The van der Waals surface area contributed by atoms with Crippen LogP contribution in [0.15, 0.2) is 42.5 Å². The van der Waals surface area contributed by atoms with Crippen LogP contribution in [0.2, 0.25) is 0 Å². The van der Waals surface area contributed by atoms with Gasteiger partial charge in [-0.05, 0) is 49.1 Å². The molecule has 0 spiro atoms. The van der Waals surface area contributed by atoms with Gasteiger partial charge in [-0.1, -0.05) is 31.5 Å². The molecule has 1 fully saturated rings. The first-order valence-electron chi connectivity index (χ1n) is 12.1. The van der Waals surface area contributed by atoms with Crippen LogP contribution in [0.25, 0.3) is 0 Å². The van der Waals surface area contributed by atoms with E-state index in [2.05, 4.69) is 11.8 Å². The van der Waals surface area contributed by atoms with Crippen molar-refractivity contribution in [2.24, 2.45) is 5.92 Å². The van der Waals surface area contributed by atoms with Gasteiger partial charge >= 0.3 is 0 Å². The molecule has 1 atom stereocenters. The van der Waals surface area contributed by atoms with Crippen molar-refractivity contribution in [1.82, 2.24) is 9.80 Å². The van der Waals surface area contributed by atoms with Gasteiger partial charge in [0.2, 0.25) is 5.91 Å². The number of unbranched alkanes of at least 4 members (excludes halogenated alkanes) is 1. The zero-order valence-corrected chi connectivity index (χ0v) is 20.3. The van der Waals surface area contributed by atoms with Crippen molar-refractivity contribution < 1.29 is 19.1 Å². The minimum Gasteiger partial charge on any atom is -0.497 e. The number of fused-ring (bicyclic) bond motifs is 1. The number of benzene rings is 2. The molecule has 7 nitrogen and oxygen atoms in total. The van der Waals surface area contributed by atoms with Gasteiger partial charge in [0.1, 0.15) is 5.75 Å². The summed E-state index contributed by atoms with van der Waals surface area (Å²) in [5.41, 5.74) is 2.50. The second kappa shape index (κ2) is 10.3. The van der Waals surface area contributed by atoms with Crippen LogP contribution in [-0.2, 0) is 11.3 Å². The highest BCUT2D eigenvalue weighted by molar-refractivity contribution is 6.23. The Balaban J connectivity index is 1.53. The summed E-state index contributed by atoms with van der Waals surface area (Å²) in [4.78, 5) is 44.8. The van der Waals surface area contributed by atoms with E-state index in [-0.39, 0.29) is 30.2 Å². The molecule has 0 radical (unpaired) electrons. The molecule has 0 aromatic heterocycles. The van der Waals surface area contributed by atoms with Gasteiger partial charge in [0.15, 0.2) is 0 Å². The number of carbonyl (C=O) groups excluding carboxylic acids is 3. The molecule has 2 aromatic rings. The summed E-state index contributed by atoms with van der Waals surface area (Å²) in [5.74, 6) is 0.229. The van der Waals surface area contributed by atoms with Crippen molar-refractivity contribution in [3.05, 3.63) is 59.2 Å². The molecule has 0 bridgehead atoms. The Kier molecular flexibility index (Phi) is 7.20. The molecule has 34 heavy (non-hydrogen) atoms. The first-order chi connectivity index (χ1) is 16.4. The lowest BCUT2D eigenvalue weighted by atomic mass is 9.95. The van der Waals surface area contributed by atoms with E-state index < -0.39 is 0 Å². The SMILES string of the molecule is CCCCN(C)C(=O)C1CCCN(c2cccc3c2C(=O)N(Cc2ccc(OC)cc2)C3=O)C1. The summed E-state index contributed by atoms with van der Waals surface area (Å²) >= 11 is 0. The summed E-state index contributed by atoms with van der Waals surface area (Å²) in [6.45, 7) is 4.41. The Hall–Kier alpha value is -3.35. The van der Waals surface area contributed by atoms with Crippen molar-refractivity contribution in [2.75, 3.05) is 38.7 Å². The molecule has 0 saturated carbocycles. The number of methoxy groups -OCH3 is 1. The molecule has 3 amide bonds. The molecule has 2 aromatic carbocycles. The van der Waals surface area contributed by atoms with Crippen LogP contribution in [-0.4, -0.2) is 61.3 Å². The monoisotopic (exact) mass is 463 g/mol. The van der Waals surface area contributed by atoms with Gasteiger partial charge < -0.3 is 14.5 Å². The van der Waals surface area contributed by atoms with Gasteiger partial charge in [-0.25, -0.2) is 0 Å². The number of piperidine rings is 1. The second-order valence-corrected chi connectivity index (χ2v) is 9.14. The zero-order chi connectivity index (χ0) is 24.2. The number of hydrogen-bond donors (Lipinski definition) is 0. The van der Waals surface area contributed by atoms with Crippen LogP contribution < -0.4 is 9.64 Å². The normalized spacial score (nSPS) is 17.7. The van der Waals surface area contributed by atoms with Crippen LogP contribution >= 0.6 is 0 Å². The third-order valence-corrected chi connectivity index (χ3v) is 6.81. The Labute approximate surface area is 201 Å². The number of ether oxygens (including phenoxy) is 1. The Morgan fingerprint density at radius 3 is 2.59 bits per heavy atom. The Morgan fingerprint density at radius 1 is 1.12 bits per heavy atom. The minimum atomic E-state index is -0.278. The van der Waals surface area contributed by atoms with Gasteiger partial charge in [0, 0.05) is 26.7 Å².